The molecule has 0 spiro atoms. The van der Waals surface area contributed by atoms with Gasteiger partial charge in [0.2, 0.25) is 0 Å². The molecule has 1 unspecified atom stereocenters. The lowest BCUT2D eigenvalue weighted by Crippen LogP contribution is -2.29. The number of hydrogen-bond acceptors (Lipinski definition) is 5. The third-order valence-electron chi connectivity index (χ3n) is 2.12. The van der Waals surface area contributed by atoms with Gasteiger partial charge in [0.25, 0.3) is 0 Å². The summed E-state index contributed by atoms with van der Waals surface area (Å²) in [5.41, 5.74) is 1.07. The summed E-state index contributed by atoms with van der Waals surface area (Å²) in [7, 11) is 0. The van der Waals surface area contributed by atoms with Crippen molar-refractivity contribution in [2.45, 2.75) is 17.6 Å². The van der Waals surface area contributed by atoms with E-state index in [0.717, 1.165) is 5.56 Å². The van der Waals surface area contributed by atoms with E-state index in [1.165, 1.54) is 5.37 Å². The second kappa shape index (κ2) is 6.27. The maximum atomic E-state index is 11.2. The maximum Gasteiger partial charge on any atom is 0.319 e. The number of benzene rings is 1. The van der Waals surface area contributed by atoms with Crippen LogP contribution in [0, 0.1) is 0 Å². The molecule has 5 heteroatoms. The molecule has 0 heterocycles. The molecular formula is C11H12O2S3. The zero-order chi connectivity index (χ0) is 12.0. The Hall–Kier alpha value is -0.520. The van der Waals surface area contributed by atoms with Crippen molar-refractivity contribution in [3.63, 3.8) is 0 Å². The Bertz CT molecular complexity index is 367. The Kier molecular flexibility index (Phi) is 5.31. The van der Waals surface area contributed by atoms with Crippen LogP contribution in [0.15, 0.2) is 30.3 Å². The quantitative estimate of drug-likeness (QED) is 0.490. The van der Waals surface area contributed by atoms with Crippen LogP contribution in [0.3, 0.4) is 0 Å². The number of thiocarbonyl (C=S) groups is 1. The molecular weight excluding hydrogens is 260 g/mol. The standard InChI is InChI=1S/C11H12O2S3/c12-10(13-16)7-11(15,8-14)6-9-4-2-1-3-5-9/h1-5,8,15-16H,6-7H2. The highest BCUT2D eigenvalue weighted by molar-refractivity contribution is 7.86. The van der Waals surface area contributed by atoms with Crippen LogP contribution in [-0.4, -0.2) is 16.1 Å². The third kappa shape index (κ3) is 4.15. The largest absolute Gasteiger partial charge is 0.395 e. The minimum Gasteiger partial charge on any atom is -0.395 e. The van der Waals surface area contributed by atoms with Gasteiger partial charge in [0.05, 0.1) is 11.2 Å². The van der Waals surface area contributed by atoms with Crippen LogP contribution in [-0.2, 0) is 15.4 Å². The van der Waals surface area contributed by atoms with Gasteiger partial charge in [-0.05, 0) is 17.4 Å². The van der Waals surface area contributed by atoms with Crippen LogP contribution in [0.4, 0.5) is 0 Å². The summed E-state index contributed by atoms with van der Waals surface area (Å²) in [5.74, 6) is -0.435. The molecule has 1 atom stereocenters. The second-order valence-corrected chi connectivity index (χ2v) is 4.83. The number of carbonyl (C=O) groups excluding carboxylic acids is 1. The third-order valence-corrected chi connectivity index (χ3v) is 3.40. The molecule has 1 rings (SSSR count). The molecule has 0 fully saturated rings. The highest BCUT2D eigenvalue weighted by Crippen LogP contribution is 2.24. The van der Waals surface area contributed by atoms with Crippen LogP contribution >= 0.6 is 37.8 Å². The average Bonchev–Trinajstić information content (AvgIpc) is 2.30. The first kappa shape index (κ1) is 13.5. The fourth-order valence-corrected chi connectivity index (χ4v) is 1.92. The van der Waals surface area contributed by atoms with Crippen molar-refractivity contribution in [1.29, 1.82) is 0 Å². The molecule has 0 saturated heterocycles. The van der Waals surface area contributed by atoms with E-state index >= 15 is 0 Å². The molecule has 1 aromatic rings. The molecule has 0 aliphatic heterocycles. The second-order valence-electron chi connectivity index (χ2n) is 3.52. The number of carbonyl (C=O) groups is 1. The monoisotopic (exact) mass is 272 g/mol. The van der Waals surface area contributed by atoms with Gasteiger partial charge in [0.1, 0.15) is 0 Å². The van der Waals surface area contributed by atoms with E-state index in [-0.39, 0.29) is 6.42 Å². The predicted molar refractivity (Wildman–Crippen MR) is 75.2 cm³/mol. The van der Waals surface area contributed by atoms with Crippen LogP contribution in [0.5, 0.6) is 0 Å². The lowest BCUT2D eigenvalue weighted by Gasteiger charge is -2.22. The number of thiol groups is 2. The van der Waals surface area contributed by atoms with Gasteiger partial charge in [-0.2, -0.15) is 12.6 Å². The van der Waals surface area contributed by atoms with E-state index in [1.807, 2.05) is 30.3 Å². The topological polar surface area (TPSA) is 26.3 Å². The Morgan fingerprint density at radius 3 is 2.56 bits per heavy atom. The van der Waals surface area contributed by atoms with E-state index < -0.39 is 10.7 Å². The summed E-state index contributed by atoms with van der Waals surface area (Å²) in [6.45, 7) is 0. The molecule has 0 N–H and O–H groups in total. The predicted octanol–water partition coefficient (Wildman–Crippen LogP) is 2.68. The van der Waals surface area contributed by atoms with Gasteiger partial charge in [0.15, 0.2) is 0 Å². The van der Waals surface area contributed by atoms with Crippen molar-refractivity contribution in [1.82, 2.24) is 0 Å². The lowest BCUT2D eigenvalue weighted by molar-refractivity contribution is -0.133. The first-order valence-corrected chi connectivity index (χ1v) is 5.95. The highest BCUT2D eigenvalue weighted by Gasteiger charge is 2.27. The van der Waals surface area contributed by atoms with Gasteiger partial charge in [-0.15, -0.1) is 0 Å². The Morgan fingerprint density at radius 2 is 2.06 bits per heavy atom. The Labute approximate surface area is 111 Å². The summed E-state index contributed by atoms with van der Waals surface area (Å²) >= 11 is 12.8. The van der Waals surface area contributed by atoms with Crippen molar-refractivity contribution in [2.75, 3.05) is 0 Å². The van der Waals surface area contributed by atoms with Crippen molar-refractivity contribution in [2.24, 2.45) is 0 Å². The van der Waals surface area contributed by atoms with Crippen LogP contribution in [0.2, 0.25) is 0 Å². The van der Waals surface area contributed by atoms with E-state index in [1.54, 1.807) is 0 Å². The van der Waals surface area contributed by atoms with Crippen LogP contribution < -0.4 is 0 Å². The first-order chi connectivity index (χ1) is 7.59. The molecule has 16 heavy (non-hydrogen) atoms. The van der Waals surface area contributed by atoms with E-state index in [2.05, 4.69) is 29.7 Å². The zero-order valence-electron chi connectivity index (χ0n) is 8.50. The summed E-state index contributed by atoms with van der Waals surface area (Å²) in [6.07, 6.45) is 0.696. The summed E-state index contributed by atoms with van der Waals surface area (Å²) in [4.78, 5) is 11.2. The highest BCUT2D eigenvalue weighted by atomic mass is 32.1. The van der Waals surface area contributed by atoms with Gasteiger partial charge in [0, 0.05) is 12.9 Å². The average molecular weight is 272 g/mol. The molecule has 86 valence electrons. The van der Waals surface area contributed by atoms with E-state index in [0.29, 0.717) is 6.42 Å². The Balaban J connectivity index is 2.74. The van der Waals surface area contributed by atoms with Gasteiger partial charge < -0.3 is 4.18 Å². The molecule has 0 aliphatic rings. The van der Waals surface area contributed by atoms with E-state index in [9.17, 15) is 4.79 Å². The maximum absolute atomic E-state index is 11.2. The molecule has 0 bridgehead atoms. The van der Waals surface area contributed by atoms with Crippen LogP contribution in [0.1, 0.15) is 12.0 Å². The van der Waals surface area contributed by atoms with Gasteiger partial charge in [-0.3, -0.25) is 4.79 Å². The first-order valence-electron chi connectivity index (χ1n) is 4.66. The lowest BCUT2D eigenvalue weighted by atomic mass is 9.97. The number of rotatable bonds is 5. The SMILES string of the molecule is O=C(CC(S)(C=S)Cc1ccccc1)OS. The normalized spacial score (nSPS) is 13.9. The fraction of sp³-hybridized carbons (Fsp3) is 0.273. The van der Waals surface area contributed by atoms with Gasteiger partial charge in [-0.1, -0.05) is 42.5 Å². The molecule has 1 aromatic carbocycles. The van der Waals surface area contributed by atoms with Crippen molar-refractivity contribution >= 4 is 49.1 Å². The minimum atomic E-state index is -0.670. The Morgan fingerprint density at radius 1 is 1.44 bits per heavy atom. The molecule has 0 aliphatic carbocycles. The van der Waals surface area contributed by atoms with Gasteiger partial charge >= 0.3 is 5.97 Å². The smallest absolute Gasteiger partial charge is 0.319 e. The number of hydrogen-bond donors (Lipinski definition) is 2. The van der Waals surface area contributed by atoms with Crippen molar-refractivity contribution in [3.05, 3.63) is 35.9 Å². The minimum absolute atomic E-state index is 0.109. The zero-order valence-corrected chi connectivity index (χ0v) is 11.1. The molecule has 0 radical (unpaired) electrons. The fourth-order valence-electron chi connectivity index (χ4n) is 1.38. The van der Waals surface area contributed by atoms with Crippen molar-refractivity contribution in [3.8, 4) is 0 Å². The summed E-state index contributed by atoms with van der Waals surface area (Å²) in [5, 5.41) is 1.49. The molecule has 0 aromatic heterocycles. The summed E-state index contributed by atoms with van der Waals surface area (Å²) < 4.78 is 3.66. The summed E-state index contributed by atoms with van der Waals surface area (Å²) in [6, 6.07) is 9.74. The van der Waals surface area contributed by atoms with Crippen molar-refractivity contribution < 1.29 is 8.98 Å². The van der Waals surface area contributed by atoms with E-state index in [4.69, 9.17) is 12.2 Å². The van der Waals surface area contributed by atoms with Crippen LogP contribution in [0.25, 0.3) is 0 Å². The molecule has 0 saturated carbocycles. The molecule has 0 amide bonds. The molecule has 2 nitrogen and oxygen atoms in total. The van der Waals surface area contributed by atoms with Gasteiger partial charge in [-0.25, -0.2) is 0 Å².